The molecule has 1 aromatic rings. The zero-order valence-electron chi connectivity index (χ0n) is 12.5. The van der Waals surface area contributed by atoms with E-state index in [2.05, 4.69) is 10.4 Å². The van der Waals surface area contributed by atoms with Crippen LogP contribution < -0.4 is 5.32 Å². The van der Waals surface area contributed by atoms with E-state index in [4.69, 9.17) is 9.90 Å². The molecule has 7 nitrogen and oxygen atoms in total. The fourth-order valence-electron chi connectivity index (χ4n) is 1.92. The molecular formula is C12H14F6N4O3. The number of carbonyl (C=O) groups is 2. The van der Waals surface area contributed by atoms with Crippen LogP contribution in [0.3, 0.4) is 0 Å². The third-order valence-electron chi connectivity index (χ3n) is 3.04. The SMILES string of the molecule is O=C(Cn1cccn1)N1CCNCC1C(F)(F)F.O=C(O)C(F)(F)F. The van der Waals surface area contributed by atoms with Gasteiger partial charge in [-0.15, -0.1) is 0 Å². The highest BCUT2D eigenvalue weighted by atomic mass is 19.4. The summed E-state index contributed by atoms with van der Waals surface area (Å²) >= 11 is 0. The maximum Gasteiger partial charge on any atom is 0.490 e. The predicted octanol–water partition coefficient (Wildman–Crippen LogP) is 0.879. The molecule has 1 fully saturated rings. The quantitative estimate of drug-likeness (QED) is 0.749. The van der Waals surface area contributed by atoms with E-state index < -0.39 is 30.3 Å². The van der Waals surface area contributed by atoms with E-state index in [1.54, 1.807) is 12.3 Å². The zero-order valence-corrected chi connectivity index (χ0v) is 12.5. The van der Waals surface area contributed by atoms with E-state index in [0.717, 1.165) is 4.90 Å². The molecule has 2 rings (SSSR count). The molecule has 2 N–H and O–H groups in total. The van der Waals surface area contributed by atoms with E-state index in [1.165, 1.54) is 10.9 Å². The zero-order chi connectivity index (χ0) is 19.3. The third-order valence-corrected chi connectivity index (χ3v) is 3.04. The van der Waals surface area contributed by atoms with Crippen molar-refractivity contribution < 1.29 is 41.0 Å². The topological polar surface area (TPSA) is 87.5 Å². The highest BCUT2D eigenvalue weighted by Gasteiger charge is 2.46. The van der Waals surface area contributed by atoms with Gasteiger partial charge in [-0.2, -0.15) is 31.4 Å². The number of nitrogens with one attached hydrogen (secondary N) is 1. The van der Waals surface area contributed by atoms with Crippen molar-refractivity contribution in [3.63, 3.8) is 0 Å². The highest BCUT2D eigenvalue weighted by Crippen LogP contribution is 2.26. The molecule has 1 atom stereocenters. The summed E-state index contributed by atoms with van der Waals surface area (Å²) in [6.45, 7) is 0.00956. The molecule has 0 spiro atoms. The van der Waals surface area contributed by atoms with E-state index >= 15 is 0 Å². The second-order valence-corrected chi connectivity index (χ2v) is 4.86. The fourth-order valence-corrected chi connectivity index (χ4v) is 1.92. The van der Waals surface area contributed by atoms with Crippen LogP contribution in [-0.2, 0) is 16.1 Å². The van der Waals surface area contributed by atoms with Gasteiger partial charge in [-0.1, -0.05) is 0 Å². The number of carboxylic acids is 1. The molecule has 0 saturated carbocycles. The minimum absolute atomic E-state index is 0.0598. The standard InChI is InChI=1S/C10H13F3N4O.C2HF3O2/c11-10(12,13)8-6-14-3-5-17(8)9(18)7-16-4-1-2-15-16;3-2(4,5)1(6)7/h1-2,4,8,14H,3,5-7H2;(H,6,7). The van der Waals surface area contributed by atoms with Crippen LogP contribution in [0.5, 0.6) is 0 Å². The average Bonchev–Trinajstić information content (AvgIpc) is 2.99. The van der Waals surface area contributed by atoms with Crippen molar-refractivity contribution >= 4 is 11.9 Å². The molecule has 1 amide bonds. The van der Waals surface area contributed by atoms with Gasteiger partial charge in [-0.05, 0) is 6.07 Å². The molecule has 13 heteroatoms. The molecule has 1 saturated heterocycles. The van der Waals surface area contributed by atoms with Gasteiger partial charge in [0.05, 0.1) is 0 Å². The first-order chi connectivity index (χ1) is 11.4. The van der Waals surface area contributed by atoms with Crippen molar-refractivity contribution in [3.05, 3.63) is 18.5 Å². The van der Waals surface area contributed by atoms with Crippen LogP contribution in [0.15, 0.2) is 18.5 Å². The number of aliphatic carboxylic acids is 1. The Bertz CT molecular complexity index is 572. The van der Waals surface area contributed by atoms with Gasteiger partial charge in [-0.3, -0.25) is 9.48 Å². The molecule has 2 heterocycles. The molecule has 1 unspecified atom stereocenters. The summed E-state index contributed by atoms with van der Waals surface area (Å²) in [5.41, 5.74) is 0. The molecule has 0 bridgehead atoms. The Morgan fingerprint density at radius 1 is 1.24 bits per heavy atom. The number of hydrogen-bond donors (Lipinski definition) is 2. The summed E-state index contributed by atoms with van der Waals surface area (Å²) in [5, 5.41) is 13.6. The molecular weight excluding hydrogens is 362 g/mol. The average molecular weight is 376 g/mol. The summed E-state index contributed by atoms with van der Waals surface area (Å²) in [5.74, 6) is -3.32. The number of carbonyl (C=O) groups excluding carboxylic acids is 1. The number of halogens is 6. The fraction of sp³-hybridized carbons (Fsp3) is 0.583. The minimum atomic E-state index is -5.08. The number of piperazine rings is 1. The van der Waals surface area contributed by atoms with Gasteiger partial charge in [-0.25, -0.2) is 4.79 Å². The lowest BCUT2D eigenvalue weighted by Crippen LogP contribution is -2.60. The monoisotopic (exact) mass is 376 g/mol. The van der Waals surface area contributed by atoms with Gasteiger partial charge in [0.2, 0.25) is 5.91 Å². The normalized spacial score (nSPS) is 18.3. The molecule has 0 aliphatic carbocycles. The van der Waals surface area contributed by atoms with Crippen molar-refractivity contribution in [1.29, 1.82) is 0 Å². The van der Waals surface area contributed by atoms with Crippen LogP contribution in [0, 0.1) is 0 Å². The smallest absolute Gasteiger partial charge is 0.475 e. The van der Waals surface area contributed by atoms with Gasteiger partial charge in [0.1, 0.15) is 12.6 Å². The Hall–Kier alpha value is -2.31. The molecule has 1 aromatic heterocycles. The second kappa shape index (κ2) is 8.18. The van der Waals surface area contributed by atoms with E-state index in [-0.39, 0.29) is 19.6 Å². The Balaban J connectivity index is 0.000000381. The number of hydrogen-bond acceptors (Lipinski definition) is 4. The van der Waals surface area contributed by atoms with E-state index in [0.29, 0.717) is 6.54 Å². The van der Waals surface area contributed by atoms with Crippen molar-refractivity contribution in [3.8, 4) is 0 Å². The van der Waals surface area contributed by atoms with Crippen molar-refractivity contribution in [2.75, 3.05) is 19.6 Å². The van der Waals surface area contributed by atoms with Gasteiger partial charge in [0, 0.05) is 32.0 Å². The minimum Gasteiger partial charge on any atom is -0.475 e. The van der Waals surface area contributed by atoms with Crippen LogP contribution in [-0.4, -0.2) is 69.7 Å². The molecule has 142 valence electrons. The summed E-state index contributed by atoms with van der Waals surface area (Å²) in [7, 11) is 0. The lowest BCUT2D eigenvalue weighted by Gasteiger charge is -2.37. The maximum atomic E-state index is 12.8. The van der Waals surface area contributed by atoms with Crippen LogP contribution in [0.25, 0.3) is 0 Å². The first kappa shape index (κ1) is 20.7. The number of nitrogens with zero attached hydrogens (tertiary/aromatic N) is 3. The summed E-state index contributed by atoms with van der Waals surface area (Å²) in [4.78, 5) is 21.6. The van der Waals surface area contributed by atoms with Gasteiger partial charge < -0.3 is 15.3 Å². The Morgan fingerprint density at radius 3 is 2.28 bits per heavy atom. The van der Waals surface area contributed by atoms with Crippen molar-refractivity contribution in [2.24, 2.45) is 0 Å². The van der Waals surface area contributed by atoms with E-state index in [9.17, 15) is 31.1 Å². The second-order valence-electron chi connectivity index (χ2n) is 4.86. The molecule has 1 aliphatic heterocycles. The molecule has 25 heavy (non-hydrogen) atoms. The van der Waals surface area contributed by atoms with Crippen molar-refractivity contribution in [1.82, 2.24) is 20.0 Å². The summed E-state index contributed by atoms with van der Waals surface area (Å²) in [6.07, 6.45) is -6.47. The van der Waals surface area contributed by atoms with Crippen LogP contribution >= 0.6 is 0 Å². The van der Waals surface area contributed by atoms with Gasteiger partial charge >= 0.3 is 18.3 Å². The maximum absolute atomic E-state index is 12.8. The predicted molar refractivity (Wildman–Crippen MR) is 70.3 cm³/mol. The molecule has 1 aliphatic rings. The Kier molecular flexibility index (Phi) is 6.78. The number of rotatable bonds is 2. The van der Waals surface area contributed by atoms with E-state index in [1.807, 2.05) is 0 Å². The molecule has 0 aromatic carbocycles. The van der Waals surface area contributed by atoms with Crippen LogP contribution in [0.2, 0.25) is 0 Å². The first-order valence-electron chi connectivity index (χ1n) is 6.77. The summed E-state index contributed by atoms with van der Waals surface area (Å²) in [6, 6.07) is -0.138. The largest absolute Gasteiger partial charge is 0.490 e. The number of amides is 1. The Morgan fingerprint density at radius 2 is 1.84 bits per heavy atom. The van der Waals surface area contributed by atoms with Crippen LogP contribution in [0.1, 0.15) is 0 Å². The van der Waals surface area contributed by atoms with Gasteiger partial charge in [0.15, 0.2) is 0 Å². The first-order valence-corrected chi connectivity index (χ1v) is 6.77. The third kappa shape index (κ3) is 6.60. The Labute approximate surface area is 137 Å². The number of aromatic nitrogens is 2. The lowest BCUT2D eigenvalue weighted by atomic mass is 10.2. The van der Waals surface area contributed by atoms with Crippen molar-refractivity contribution in [2.45, 2.75) is 24.9 Å². The molecule has 0 radical (unpaired) electrons. The number of alkyl halides is 6. The van der Waals surface area contributed by atoms with Crippen LogP contribution in [0.4, 0.5) is 26.3 Å². The highest BCUT2D eigenvalue weighted by molar-refractivity contribution is 5.76. The van der Waals surface area contributed by atoms with Gasteiger partial charge in [0.25, 0.3) is 0 Å². The summed E-state index contributed by atoms with van der Waals surface area (Å²) < 4.78 is 71.4. The lowest BCUT2D eigenvalue weighted by molar-refractivity contribution is -0.193. The number of carboxylic acid groups (broad SMARTS) is 1.